The Morgan fingerprint density at radius 2 is 1.62 bits per heavy atom. The third-order valence-electron chi connectivity index (χ3n) is 12.2. The van der Waals surface area contributed by atoms with Gasteiger partial charge < -0.3 is 45.3 Å². The number of allylic oxidation sites excluding steroid dienone is 4. The number of amides is 1. The van der Waals surface area contributed by atoms with Crippen LogP contribution in [0.15, 0.2) is 115 Å². The summed E-state index contributed by atoms with van der Waals surface area (Å²) in [7, 11) is 0. The van der Waals surface area contributed by atoms with E-state index in [1.807, 2.05) is 72.8 Å². The van der Waals surface area contributed by atoms with Gasteiger partial charge in [0.1, 0.15) is 30.0 Å². The number of rotatable bonds is 15. The number of carbonyl (C=O) groups excluding carboxylic acids is 1. The van der Waals surface area contributed by atoms with Crippen molar-refractivity contribution in [2.24, 2.45) is 5.41 Å². The predicted octanol–water partition coefficient (Wildman–Crippen LogP) is 6.98. The minimum Gasteiger partial charge on any atom is -0.664 e. The van der Waals surface area contributed by atoms with Gasteiger partial charge in [-0.2, -0.15) is 6.20 Å². The van der Waals surface area contributed by atoms with E-state index in [-0.39, 0.29) is 36.9 Å². The highest BCUT2D eigenvalue weighted by molar-refractivity contribution is 5.95. The highest BCUT2D eigenvalue weighted by atomic mass is 16.8. The molecule has 0 saturated carbocycles. The monoisotopic (exact) mass is 765 g/mol. The van der Waals surface area contributed by atoms with E-state index in [2.05, 4.69) is 47.9 Å². The van der Waals surface area contributed by atoms with Crippen molar-refractivity contribution in [2.75, 3.05) is 25.1 Å². The summed E-state index contributed by atoms with van der Waals surface area (Å²) in [6.45, 7) is 11.5. The van der Waals surface area contributed by atoms with E-state index >= 15 is 0 Å². The largest absolute Gasteiger partial charge is 0.664 e. The SMILES string of the molecule is CCc1ccccc1C(C(C=C1C=CC=C[N-]1)c1ccccc1NC(=O)C(C)(C)COC(C)(C)C1OC2(CO)OC(C)(C1O)C2(C)O)C(CO)c1ccccc1. The van der Waals surface area contributed by atoms with Crippen LogP contribution in [0.3, 0.4) is 0 Å². The van der Waals surface area contributed by atoms with E-state index in [0.29, 0.717) is 5.69 Å². The first-order valence-corrected chi connectivity index (χ1v) is 19.5. The standard InChI is InChI=1S/C46H57N2O8/c1-8-30-18-12-13-22-33(30)38(36(27-49)31-19-10-9-11-20-31)35(26-32-21-16-17-25-47-32)34-23-14-15-24-37(34)48-41(52)42(2,3)29-54-43(4,5)40-39(51)44(6)45(7,53)46(28-50,55-40)56-44/h9-26,35-36,38-40,49-51,53H,8,27-29H2,1-7H3,(H,48,52)/q-1. The highest BCUT2D eigenvalue weighted by Gasteiger charge is 2.80. The lowest BCUT2D eigenvalue weighted by atomic mass is 9.64. The fraction of sp³-hybridized carbons (Fsp3) is 0.457. The number of benzene rings is 3. The number of hydrogen-bond donors (Lipinski definition) is 5. The third kappa shape index (κ3) is 7.40. The molecule has 2 bridgehead atoms. The molecule has 3 aromatic carbocycles. The Morgan fingerprint density at radius 1 is 0.964 bits per heavy atom. The van der Waals surface area contributed by atoms with Gasteiger partial charge in [-0.1, -0.05) is 104 Å². The molecule has 1 amide bonds. The second kappa shape index (κ2) is 16.0. The maximum Gasteiger partial charge on any atom is 0.232 e. The van der Waals surface area contributed by atoms with Crippen molar-refractivity contribution < 1.29 is 39.4 Å². The van der Waals surface area contributed by atoms with Crippen molar-refractivity contribution in [3.05, 3.63) is 143 Å². The Hall–Kier alpha value is -4.13. The zero-order valence-electron chi connectivity index (χ0n) is 33.5. The van der Waals surface area contributed by atoms with Crippen LogP contribution in [-0.2, 0) is 25.4 Å². The lowest BCUT2D eigenvalue weighted by Crippen LogP contribution is -2.91. The predicted molar refractivity (Wildman–Crippen MR) is 217 cm³/mol. The maximum absolute atomic E-state index is 14.3. The molecule has 0 aromatic heterocycles. The van der Waals surface area contributed by atoms with Crippen LogP contribution in [0, 0.1) is 5.41 Å². The average molecular weight is 766 g/mol. The first kappa shape index (κ1) is 41.5. The normalized spacial score (nSPS) is 28.2. The summed E-state index contributed by atoms with van der Waals surface area (Å²) in [6.07, 6.45) is 8.20. The van der Waals surface area contributed by atoms with Crippen molar-refractivity contribution in [3.63, 3.8) is 0 Å². The molecule has 3 aromatic rings. The Balaban J connectivity index is 1.33. The van der Waals surface area contributed by atoms with Crippen molar-refractivity contribution >= 4 is 11.6 Å². The topological polar surface area (TPSA) is 152 Å². The summed E-state index contributed by atoms with van der Waals surface area (Å²) in [5.74, 6) is -2.90. The van der Waals surface area contributed by atoms with Crippen LogP contribution < -0.4 is 5.32 Å². The molecule has 4 heterocycles. The van der Waals surface area contributed by atoms with E-state index in [9.17, 15) is 25.2 Å². The molecule has 10 nitrogen and oxygen atoms in total. The number of anilines is 1. The summed E-state index contributed by atoms with van der Waals surface area (Å²) in [6, 6.07) is 26.2. The molecule has 0 aliphatic carbocycles. The molecular weight excluding hydrogens is 709 g/mol. The zero-order valence-corrected chi connectivity index (χ0v) is 33.5. The fourth-order valence-electron chi connectivity index (χ4n) is 8.39. The summed E-state index contributed by atoms with van der Waals surface area (Å²) in [5, 5.41) is 51.7. The molecule has 7 rings (SSSR count). The van der Waals surface area contributed by atoms with Gasteiger partial charge in [0.05, 0.1) is 24.2 Å². The molecule has 300 valence electrons. The average Bonchev–Trinajstić information content (AvgIpc) is 3.20. The van der Waals surface area contributed by atoms with Crippen molar-refractivity contribution in [1.82, 2.24) is 0 Å². The third-order valence-corrected chi connectivity index (χ3v) is 12.2. The van der Waals surface area contributed by atoms with E-state index in [1.165, 1.54) is 12.5 Å². The van der Waals surface area contributed by atoms with Crippen molar-refractivity contribution in [3.8, 4) is 0 Å². The number of nitrogens with one attached hydrogen (secondary N) is 1. The molecule has 3 saturated heterocycles. The number of nitrogens with zero attached hydrogens (tertiary/aromatic N) is 1. The van der Waals surface area contributed by atoms with Gasteiger partial charge in [-0.3, -0.25) is 4.79 Å². The van der Waals surface area contributed by atoms with Gasteiger partial charge in [-0.05, 0) is 76.3 Å². The van der Waals surface area contributed by atoms with Crippen LogP contribution in [0.1, 0.15) is 88.5 Å². The summed E-state index contributed by atoms with van der Waals surface area (Å²) in [4.78, 5) is 14.3. The first-order chi connectivity index (χ1) is 26.6. The zero-order chi connectivity index (χ0) is 40.5. The number of aliphatic hydroxyl groups excluding tert-OH is 3. The number of fused-ring (bicyclic) bond motifs is 2. The second-order valence-electron chi connectivity index (χ2n) is 16.7. The van der Waals surface area contributed by atoms with Crippen molar-refractivity contribution in [2.45, 2.75) is 107 Å². The fourth-order valence-corrected chi connectivity index (χ4v) is 8.39. The molecule has 5 N–H and O–H groups in total. The van der Waals surface area contributed by atoms with Gasteiger partial charge in [-0.25, -0.2) is 0 Å². The number of para-hydroxylation sites is 1. The summed E-state index contributed by atoms with van der Waals surface area (Å²) >= 11 is 0. The van der Waals surface area contributed by atoms with Gasteiger partial charge in [0.2, 0.25) is 11.7 Å². The minimum absolute atomic E-state index is 0.0444. The molecule has 0 spiro atoms. The number of aliphatic hydroxyl groups is 4. The van der Waals surface area contributed by atoms with Gasteiger partial charge in [0.25, 0.3) is 0 Å². The highest BCUT2D eigenvalue weighted by Crippen LogP contribution is 2.59. The van der Waals surface area contributed by atoms with Crippen LogP contribution in [-0.4, -0.2) is 81.0 Å². The number of aryl methyl sites for hydroxylation is 1. The van der Waals surface area contributed by atoms with Crippen molar-refractivity contribution in [1.29, 1.82) is 0 Å². The van der Waals surface area contributed by atoms with Gasteiger partial charge in [-0.15, -0.1) is 5.70 Å². The second-order valence-corrected chi connectivity index (χ2v) is 16.7. The van der Waals surface area contributed by atoms with Crippen LogP contribution in [0.25, 0.3) is 5.32 Å². The molecule has 8 unspecified atom stereocenters. The Kier molecular flexibility index (Phi) is 11.9. The van der Waals surface area contributed by atoms with E-state index in [1.54, 1.807) is 40.8 Å². The lowest BCUT2D eigenvalue weighted by Gasteiger charge is -2.71. The van der Waals surface area contributed by atoms with E-state index in [4.69, 9.17) is 14.2 Å². The Bertz CT molecular complexity index is 1950. The van der Waals surface area contributed by atoms with E-state index in [0.717, 1.165) is 28.8 Å². The molecule has 0 radical (unpaired) electrons. The molecular formula is C46H57N2O8-. The number of carbonyl (C=O) groups is 1. The quantitative estimate of drug-likeness (QED) is 0.111. The molecule has 4 aliphatic rings. The summed E-state index contributed by atoms with van der Waals surface area (Å²) < 4.78 is 18.2. The van der Waals surface area contributed by atoms with Crippen LogP contribution in [0.5, 0.6) is 0 Å². The van der Waals surface area contributed by atoms with E-state index < -0.39 is 46.8 Å². The minimum atomic E-state index is -1.71. The number of hydrogen-bond acceptors (Lipinski definition) is 8. The van der Waals surface area contributed by atoms with Crippen LogP contribution >= 0.6 is 0 Å². The molecule has 56 heavy (non-hydrogen) atoms. The molecule has 8 atom stereocenters. The summed E-state index contributed by atoms with van der Waals surface area (Å²) in [5.41, 5.74) is 0.274. The van der Waals surface area contributed by atoms with Gasteiger partial charge in [0.15, 0.2) is 0 Å². The Labute approximate surface area is 330 Å². The molecule has 3 fully saturated rings. The smallest absolute Gasteiger partial charge is 0.232 e. The lowest BCUT2D eigenvalue weighted by molar-refractivity contribution is -0.551. The van der Waals surface area contributed by atoms with Gasteiger partial charge >= 0.3 is 0 Å². The van der Waals surface area contributed by atoms with Gasteiger partial charge in [0, 0.05) is 23.4 Å². The molecule has 10 heteroatoms. The maximum atomic E-state index is 14.3. The number of ether oxygens (including phenoxy) is 3. The van der Waals surface area contributed by atoms with Crippen LogP contribution in [0.4, 0.5) is 5.69 Å². The van der Waals surface area contributed by atoms with Crippen LogP contribution in [0.2, 0.25) is 0 Å². The Morgan fingerprint density at radius 3 is 2.25 bits per heavy atom. The molecule has 4 aliphatic heterocycles. The first-order valence-electron chi connectivity index (χ1n) is 19.5.